The maximum absolute atomic E-state index is 11.0. The van der Waals surface area contributed by atoms with Crippen LogP contribution in [0.2, 0.25) is 0 Å². The minimum atomic E-state index is -0.245. The zero-order valence-corrected chi connectivity index (χ0v) is 89.5. The summed E-state index contributed by atoms with van der Waals surface area (Å²) in [6.45, 7) is 41.3. The second kappa shape index (κ2) is 38.5. The molecule has 18 heteroatoms. The zero-order chi connectivity index (χ0) is 99.4. The zero-order valence-electron chi connectivity index (χ0n) is 89.5. The number of fused-ring (bicyclic) bond motifs is 30. The molecule has 800 valence electrons. The maximum atomic E-state index is 11.0. The number of aliphatic hydroxyl groups excluding tert-OH is 18. The summed E-state index contributed by atoms with van der Waals surface area (Å²) in [5.74, 6) is 13.3. The Labute approximate surface area is 841 Å². The topological polar surface area (TPSA) is 364 Å². The lowest BCUT2D eigenvalue weighted by Crippen LogP contribution is -2.58. The Morgan fingerprint density at radius 2 is 0.259 bits per heavy atom. The van der Waals surface area contributed by atoms with E-state index in [1.54, 1.807) is 0 Å². The van der Waals surface area contributed by atoms with Crippen molar-refractivity contribution in [3.05, 3.63) is 0 Å². The highest BCUT2D eigenvalue weighted by Crippen LogP contribution is 2.76. The van der Waals surface area contributed by atoms with Gasteiger partial charge in [0.15, 0.2) is 0 Å². The molecule has 0 aromatic rings. The molecule has 139 heavy (non-hydrogen) atoms. The van der Waals surface area contributed by atoms with Gasteiger partial charge in [0.05, 0.1) is 110 Å². The molecule has 0 radical (unpaired) electrons. The average molecular weight is 1950 g/mol. The van der Waals surface area contributed by atoms with E-state index in [1.165, 1.54) is 0 Å². The Bertz CT molecular complexity index is 3540. The molecule has 24 saturated carbocycles. The fourth-order valence-electron chi connectivity index (χ4n) is 45.3. The third-order valence-corrected chi connectivity index (χ3v) is 53.6. The van der Waals surface area contributed by atoms with Gasteiger partial charge in [-0.2, -0.15) is 0 Å². The maximum Gasteiger partial charge on any atom is 0.0622 e. The summed E-state index contributed by atoms with van der Waals surface area (Å²) in [6.07, 6.45) is 38.7. The summed E-state index contributed by atoms with van der Waals surface area (Å²) in [6, 6.07) is 0. The molecule has 0 aromatic heterocycles. The Morgan fingerprint density at radius 1 is 0.144 bits per heavy atom. The summed E-state index contributed by atoms with van der Waals surface area (Å²) < 4.78 is 0. The van der Waals surface area contributed by atoms with Gasteiger partial charge >= 0.3 is 0 Å². The van der Waals surface area contributed by atoms with Crippen molar-refractivity contribution in [2.45, 2.75) is 512 Å². The van der Waals surface area contributed by atoms with Crippen molar-refractivity contribution in [2.24, 2.45) is 243 Å². The predicted molar refractivity (Wildman–Crippen MR) is 545 cm³/mol. The quantitative estimate of drug-likeness (QED) is 0.107. The van der Waals surface area contributed by atoms with Crippen LogP contribution in [0.25, 0.3) is 0 Å². The normalized spacial score (nSPS) is 61.9. The first-order chi connectivity index (χ1) is 64.6. The predicted octanol–water partition coefficient (Wildman–Crippen LogP) is 18.4. The first kappa shape index (κ1) is 108. The highest BCUT2D eigenvalue weighted by atomic mass is 16.3. The highest BCUT2D eigenvalue weighted by Gasteiger charge is 2.73. The Kier molecular flexibility index (Phi) is 29.9. The Morgan fingerprint density at radius 3 is 0.381 bits per heavy atom. The van der Waals surface area contributed by atoms with Crippen molar-refractivity contribution < 1.29 is 91.9 Å². The molecular weight excluding hydrogens is 1740 g/mol. The molecule has 0 spiro atoms. The van der Waals surface area contributed by atoms with Gasteiger partial charge in [0, 0.05) is 0 Å². The lowest BCUT2D eigenvalue weighted by Gasteiger charge is -2.61. The third-order valence-electron chi connectivity index (χ3n) is 53.6. The van der Waals surface area contributed by atoms with Crippen molar-refractivity contribution >= 4 is 0 Å². The molecule has 24 fully saturated rings. The van der Waals surface area contributed by atoms with Gasteiger partial charge in [-0.1, -0.05) is 132 Å². The van der Waals surface area contributed by atoms with E-state index in [9.17, 15) is 91.9 Å². The molecule has 0 amide bonds. The molecule has 24 aliphatic rings. The van der Waals surface area contributed by atoms with Crippen LogP contribution in [0.15, 0.2) is 0 Å². The minimum absolute atomic E-state index is 0. The molecule has 0 saturated heterocycles. The van der Waals surface area contributed by atoms with E-state index in [-0.39, 0.29) is 182 Å². The molecule has 0 aromatic carbocycles. The van der Waals surface area contributed by atoms with Gasteiger partial charge < -0.3 is 91.9 Å². The SMILES string of the molecule is C.C[C@@H]1CC2C3C(CC[C@]2(C)[C@@H]1O)[C@@]1(C)CC[C@@H](O)C[C@H]1C[C@@H]3O.C[C@@H]1CC2C3C(CC[C@]2(C)[C@H]1O)[C@@]1(C)CC[C@@H](O)C[C@H]1C[C@@H]3O.C[C@@H]1CC2C3C(CC[C@]2(C)[C@H]1O)[C@@]1(C)CC[C@@H](O)C[C@H]1C[C@H]3O.C[C@H]1CC2C3C(CC[C@]2(C)[C@@H]1O)[C@@]1(C)CC[C@@H](O)C[C@H]1C[C@@H]3O.C[C@H]1CC2C3C(CC[C@]2(C)[C@H]1O)[C@@]1(C)CC[C@@H](O)C[C@H]1C[C@@H]3O.C[C@H]1CC2C3C(CC[C@]2(C)[C@H]1O)[C@@]1(C)CC[C@@H](O)C[C@H]1C[C@H]3O. The van der Waals surface area contributed by atoms with Crippen LogP contribution in [0.4, 0.5) is 0 Å². The molecule has 18 unspecified atom stereocenters. The molecule has 60 atom stereocenters. The largest absolute Gasteiger partial charge is 0.393 e. The average Bonchev–Trinajstić information content (AvgIpc) is 1.65. The molecule has 18 N–H and O–H groups in total. The first-order valence-electron chi connectivity index (χ1n) is 58.9. The van der Waals surface area contributed by atoms with Crippen LogP contribution >= 0.6 is 0 Å². The monoisotopic (exact) mass is 1950 g/mol. The summed E-state index contributed by atoms with van der Waals surface area (Å²) in [5.41, 5.74) is 1.67. The smallest absolute Gasteiger partial charge is 0.0622 e. The van der Waals surface area contributed by atoms with E-state index in [0.29, 0.717) is 178 Å². The molecule has 18 nitrogen and oxygen atoms in total. The van der Waals surface area contributed by atoms with Gasteiger partial charge in [-0.25, -0.2) is 0 Å². The van der Waals surface area contributed by atoms with Gasteiger partial charge in [-0.05, 0) is 512 Å². The number of rotatable bonds is 0. The van der Waals surface area contributed by atoms with E-state index in [1.807, 2.05) is 0 Å². The fraction of sp³-hybridized carbons (Fsp3) is 1.00. The number of hydrogen-bond donors (Lipinski definition) is 18. The minimum Gasteiger partial charge on any atom is -0.393 e. The van der Waals surface area contributed by atoms with E-state index in [0.717, 1.165) is 270 Å². The van der Waals surface area contributed by atoms with Crippen LogP contribution in [0.1, 0.15) is 402 Å². The van der Waals surface area contributed by atoms with Crippen LogP contribution in [0.3, 0.4) is 0 Å². The summed E-state index contributed by atoms with van der Waals surface area (Å²) in [4.78, 5) is 0. The molecule has 0 aliphatic heterocycles. The summed E-state index contributed by atoms with van der Waals surface area (Å²) >= 11 is 0. The van der Waals surface area contributed by atoms with Gasteiger partial charge in [0.25, 0.3) is 0 Å². The second-order valence-corrected chi connectivity index (χ2v) is 59.6. The number of hydrogen-bond acceptors (Lipinski definition) is 18. The number of aliphatic hydroxyl groups is 18. The lowest BCUT2D eigenvalue weighted by atomic mass is 9.44. The standard InChI is InChI=1S/6C20H34O3.CH4/c6*1-11-8-15-17-14(5-7-20(15,3)18(11)23)19(2)6-4-13(21)9-12(19)10-16(17)22;/h6*11-18,21-23H,4-10H2,1-3H3;1H4/t11-,12+,13-,14?,15?,16+,17?,18+,19+,20+;11-,12+,13-,14?,15?,16+,17?,18-,19+,20+;11-,12+,13-,14?,15?,16-,17?,18+,19+,20+;11-,12-,13+,14?,15?,16+,17?,18-,19-,20-;11-,12-,13+,14?,15?,16-,17?,18+,19-,20-;11-,12-,13+,14?,15?,16-,17?,18-,19-,20-;/m111000./s1. The second-order valence-electron chi connectivity index (χ2n) is 59.6. The van der Waals surface area contributed by atoms with Gasteiger partial charge in [-0.3, -0.25) is 0 Å². The van der Waals surface area contributed by atoms with Crippen molar-refractivity contribution in [1.29, 1.82) is 0 Å². The first-order valence-corrected chi connectivity index (χ1v) is 58.9. The third kappa shape index (κ3) is 17.1. The summed E-state index contributed by atoms with van der Waals surface area (Å²) in [5, 5.41) is 191. The van der Waals surface area contributed by atoms with Crippen molar-refractivity contribution in [2.75, 3.05) is 0 Å². The fourth-order valence-corrected chi connectivity index (χ4v) is 45.3. The highest BCUT2D eigenvalue weighted by molar-refractivity contribution is 5.21. The van der Waals surface area contributed by atoms with E-state index < -0.39 is 0 Å². The van der Waals surface area contributed by atoms with E-state index in [4.69, 9.17) is 0 Å². The van der Waals surface area contributed by atoms with Crippen molar-refractivity contribution in [1.82, 2.24) is 0 Å². The molecule has 24 aliphatic carbocycles. The lowest BCUT2D eigenvalue weighted by molar-refractivity contribution is -0.177. The molecular formula is C121H208O18. The van der Waals surface area contributed by atoms with E-state index >= 15 is 0 Å². The van der Waals surface area contributed by atoms with Gasteiger partial charge in [0.1, 0.15) is 0 Å². The van der Waals surface area contributed by atoms with E-state index in [2.05, 4.69) is 125 Å². The van der Waals surface area contributed by atoms with Gasteiger partial charge in [-0.15, -0.1) is 0 Å². The van der Waals surface area contributed by atoms with Crippen LogP contribution in [0.5, 0.6) is 0 Å². The summed E-state index contributed by atoms with van der Waals surface area (Å²) in [7, 11) is 0. The van der Waals surface area contributed by atoms with Crippen molar-refractivity contribution in [3.63, 3.8) is 0 Å². The van der Waals surface area contributed by atoms with Crippen LogP contribution < -0.4 is 0 Å². The van der Waals surface area contributed by atoms with Crippen molar-refractivity contribution in [3.8, 4) is 0 Å². The molecule has 24 rings (SSSR count). The Balaban J connectivity index is 0.000000110. The van der Waals surface area contributed by atoms with Crippen LogP contribution in [-0.2, 0) is 0 Å². The van der Waals surface area contributed by atoms with Crippen LogP contribution in [0, 0.1) is 243 Å². The Hall–Kier alpha value is -0.720. The molecule has 0 heterocycles. The molecule has 0 bridgehead atoms. The van der Waals surface area contributed by atoms with Crippen LogP contribution in [-0.4, -0.2) is 202 Å². The van der Waals surface area contributed by atoms with Gasteiger partial charge in [0.2, 0.25) is 0 Å².